The smallest absolute Gasteiger partial charge is 0.303 e. The molecule has 0 aliphatic rings. The molecule has 0 bridgehead atoms. The van der Waals surface area contributed by atoms with Gasteiger partial charge in [0, 0.05) is 14.1 Å². The minimum Gasteiger partial charge on any atom is -0.303 e. The summed E-state index contributed by atoms with van der Waals surface area (Å²) in [7, 11) is 1.94. The first-order chi connectivity index (χ1) is 5.55. The van der Waals surface area contributed by atoms with Gasteiger partial charge < -0.3 is 5.01 Å². The summed E-state index contributed by atoms with van der Waals surface area (Å²) in [6.07, 6.45) is -11.0. The van der Waals surface area contributed by atoms with Crippen LogP contribution in [0.15, 0.2) is 5.10 Å². The summed E-state index contributed by atoms with van der Waals surface area (Å²) in [5.74, 6) is 0. The van der Waals surface area contributed by atoms with E-state index in [0.29, 0.717) is 5.01 Å². The lowest BCUT2D eigenvalue weighted by Crippen LogP contribution is -2.38. The van der Waals surface area contributed by atoms with Crippen molar-refractivity contribution in [1.29, 1.82) is 0 Å². The van der Waals surface area contributed by atoms with Gasteiger partial charge in [0.1, 0.15) is 0 Å². The molecule has 0 N–H and O–H groups in total. The van der Waals surface area contributed by atoms with Gasteiger partial charge in [0.15, 0.2) is 0 Å². The Morgan fingerprint density at radius 2 is 1.23 bits per heavy atom. The van der Waals surface area contributed by atoms with E-state index in [0.717, 1.165) is 14.1 Å². The third kappa shape index (κ3) is 4.00. The molecule has 0 atom stereocenters. The van der Waals surface area contributed by atoms with Gasteiger partial charge in [0.2, 0.25) is 5.71 Å². The van der Waals surface area contributed by atoms with Gasteiger partial charge in [-0.25, -0.2) is 0 Å². The predicted molar refractivity (Wildman–Crippen MR) is 33.2 cm³/mol. The molecule has 13 heavy (non-hydrogen) atoms. The Hall–Kier alpha value is -0.950. The van der Waals surface area contributed by atoms with E-state index < -0.39 is 18.1 Å². The highest BCUT2D eigenvalue weighted by Crippen LogP contribution is 2.30. The second kappa shape index (κ2) is 3.43. The van der Waals surface area contributed by atoms with Crippen molar-refractivity contribution in [3.05, 3.63) is 0 Å². The van der Waals surface area contributed by atoms with Crippen molar-refractivity contribution in [3.8, 4) is 0 Å². The highest BCUT2D eigenvalue weighted by atomic mass is 19.4. The molecule has 78 valence electrons. The van der Waals surface area contributed by atoms with Crippen LogP contribution in [0.4, 0.5) is 26.3 Å². The van der Waals surface area contributed by atoms with Crippen LogP contribution in [0.25, 0.3) is 0 Å². The molecule has 0 heterocycles. The summed E-state index contributed by atoms with van der Waals surface area (Å²) in [5, 5.41) is 2.76. The van der Waals surface area contributed by atoms with Crippen LogP contribution in [0.3, 0.4) is 0 Å². The molecule has 0 unspecified atom stereocenters. The van der Waals surface area contributed by atoms with E-state index in [1.165, 1.54) is 0 Å². The molecule has 0 spiro atoms. The van der Waals surface area contributed by atoms with E-state index in [1.54, 1.807) is 0 Å². The van der Waals surface area contributed by atoms with E-state index in [2.05, 4.69) is 5.10 Å². The number of hydrogen-bond acceptors (Lipinski definition) is 2. The second-order valence-corrected chi connectivity index (χ2v) is 2.29. The Bertz CT molecular complexity index is 184. The van der Waals surface area contributed by atoms with Gasteiger partial charge in [-0.05, 0) is 0 Å². The molecule has 0 saturated carbocycles. The van der Waals surface area contributed by atoms with Gasteiger partial charge in [0.25, 0.3) is 0 Å². The van der Waals surface area contributed by atoms with Gasteiger partial charge in [0.05, 0.1) is 0 Å². The largest absolute Gasteiger partial charge is 0.440 e. The number of rotatable bonds is 1. The fraction of sp³-hybridized carbons (Fsp3) is 0.800. The molecule has 0 aliphatic carbocycles. The van der Waals surface area contributed by atoms with E-state index in [1.807, 2.05) is 0 Å². The normalized spacial score (nSPS) is 12.6. The second-order valence-electron chi connectivity index (χ2n) is 2.29. The van der Waals surface area contributed by atoms with Crippen LogP contribution in [0, 0.1) is 0 Å². The lowest BCUT2D eigenvalue weighted by Gasteiger charge is -2.15. The van der Waals surface area contributed by atoms with Gasteiger partial charge in [-0.1, -0.05) is 0 Å². The van der Waals surface area contributed by atoms with Crippen molar-refractivity contribution < 1.29 is 26.3 Å². The van der Waals surface area contributed by atoms with Gasteiger partial charge >= 0.3 is 12.4 Å². The van der Waals surface area contributed by atoms with Crippen molar-refractivity contribution >= 4 is 5.71 Å². The molecule has 0 aromatic carbocycles. The maximum absolute atomic E-state index is 11.7. The summed E-state index contributed by atoms with van der Waals surface area (Å²) in [6.45, 7) is 0. The number of hydrogen-bond donors (Lipinski definition) is 0. The maximum atomic E-state index is 11.7. The lowest BCUT2D eigenvalue weighted by atomic mass is 10.3. The summed E-state index contributed by atoms with van der Waals surface area (Å²) in [5.41, 5.74) is -2.76. The van der Waals surface area contributed by atoms with Gasteiger partial charge in [-0.2, -0.15) is 31.4 Å². The molecule has 0 aromatic rings. The summed E-state index contributed by atoms with van der Waals surface area (Å²) in [4.78, 5) is 0. The number of hydrazone groups is 1. The molecule has 0 fully saturated rings. The molecular weight excluding hydrogens is 202 g/mol. The zero-order valence-electron chi connectivity index (χ0n) is 6.66. The van der Waals surface area contributed by atoms with E-state index in [4.69, 9.17) is 0 Å². The molecule has 0 radical (unpaired) electrons. The summed E-state index contributed by atoms with van der Waals surface area (Å²) < 4.78 is 70.2. The van der Waals surface area contributed by atoms with Gasteiger partial charge in [-0.3, -0.25) is 0 Å². The lowest BCUT2D eigenvalue weighted by molar-refractivity contribution is -0.119. The van der Waals surface area contributed by atoms with Crippen LogP contribution < -0.4 is 0 Å². The molecule has 0 saturated heterocycles. The van der Waals surface area contributed by atoms with Crippen LogP contribution in [0.1, 0.15) is 0 Å². The van der Waals surface area contributed by atoms with Crippen LogP contribution in [0.2, 0.25) is 0 Å². The fourth-order valence-corrected chi connectivity index (χ4v) is 0.474. The standard InChI is InChI=1S/C5H6F6N2/c1-13(2)12-3(4(6,7)8)5(9,10)11/h1-2H3. The van der Waals surface area contributed by atoms with Crippen LogP contribution in [0.5, 0.6) is 0 Å². The fourth-order valence-electron chi connectivity index (χ4n) is 0.474. The third-order valence-corrected chi connectivity index (χ3v) is 0.837. The predicted octanol–water partition coefficient (Wildman–Crippen LogP) is 2.03. The number of alkyl halides is 6. The first-order valence-corrected chi connectivity index (χ1v) is 2.95. The van der Waals surface area contributed by atoms with Crippen molar-refractivity contribution in [2.75, 3.05) is 14.1 Å². The van der Waals surface area contributed by atoms with E-state index in [9.17, 15) is 26.3 Å². The van der Waals surface area contributed by atoms with Crippen molar-refractivity contribution in [2.45, 2.75) is 12.4 Å². The zero-order chi connectivity index (χ0) is 10.9. The van der Waals surface area contributed by atoms with Crippen molar-refractivity contribution in [3.63, 3.8) is 0 Å². The van der Waals surface area contributed by atoms with Crippen LogP contribution in [-0.4, -0.2) is 37.2 Å². The molecule has 0 aliphatic heterocycles. The van der Waals surface area contributed by atoms with E-state index >= 15 is 0 Å². The first-order valence-electron chi connectivity index (χ1n) is 2.95. The summed E-state index contributed by atoms with van der Waals surface area (Å²) in [6, 6.07) is 0. The number of nitrogens with zero attached hydrogens (tertiary/aromatic N) is 2. The maximum Gasteiger partial charge on any atom is 0.440 e. The Morgan fingerprint density at radius 3 is 1.31 bits per heavy atom. The molecular formula is C5H6F6N2. The van der Waals surface area contributed by atoms with Crippen molar-refractivity contribution in [1.82, 2.24) is 5.01 Å². The molecule has 0 rings (SSSR count). The molecule has 8 heteroatoms. The Labute approximate surface area is 69.8 Å². The minimum absolute atomic E-state index is 0.441. The summed E-state index contributed by atoms with van der Waals surface area (Å²) >= 11 is 0. The Kier molecular flexibility index (Phi) is 3.18. The van der Waals surface area contributed by atoms with E-state index in [-0.39, 0.29) is 0 Å². The Balaban J connectivity index is 5.01. The molecule has 2 nitrogen and oxygen atoms in total. The quantitative estimate of drug-likeness (QED) is 0.365. The SMILES string of the molecule is CN(C)N=C(C(F)(F)F)C(F)(F)F. The Morgan fingerprint density at radius 1 is 0.923 bits per heavy atom. The minimum atomic E-state index is -5.48. The molecule has 0 amide bonds. The topological polar surface area (TPSA) is 15.6 Å². The average Bonchev–Trinajstić information content (AvgIpc) is 1.77. The average molecular weight is 208 g/mol. The third-order valence-electron chi connectivity index (χ3n) is 0.837. The van der Waals surface area contributed by atoms with Crippen molar-refractivity contribution in [2.24, 2.45) is 5.10 Å². The number of halogens is 6. The molecule has 0 aromatic heterocycles. The van der Waals surface area contributed by atoms with Crippen LogP contribution in [-0.2, 0) is 0 Å². The zero-order valence-corrected chi connectivity index (χ0v) is 6.66. The first kappa shape index (κ1) is 12.0. The van der Waals surface area contributed by atoms with Crippen LogP contribution >= 0.6 is 0 Å². The highest BCUT2D eigenvalue weighted by molar-refractivity contribution is 5.94. The highest BCUT2D eigenvalue weighted by Gasteiger charge is 2.53. The monoisotopic (exact) mass is 208 g/mol. The van der Waals surface area contributed by atoms with Gasteiger partial charge in [-0.15, -0.1) is 0 Å².